The summed E-state index contributed by atoms with van der Waals surface area (Å²) >= 11 is 0. The predicted molar refractivity (Wildman–Crippen MR) is 25.1 cm³/mol. The van der Waals surface area contributed by atoms with Crippen molar-refractivity contribution in [2.45, 2.75) is 13.3 Å². The van der Waals surface area contributed by atoms with Crippen LogP contribution in [0.15, 0.2) is 0 Å². The van der Waals surface area contributed by atoms with Crippen LogP contribution in [0.5, 0.6) is 0 Å². The van der Waals surface area contributed by atoms with Crippen molar-refractivity contribution >= 4 is 6.29 Å². The van der Waals surface area contributed by atoms with Crippen molar-refractivity contribution in [1.82, 2.24) is 0 Å². The first-order valence-corrected chi connectivity index (χ1v) is 1.92. The van der Waals surface area contributed by atoms with E-state index in [9.17, 15) is 4.79 Å². The summed E-state index contributed by atoms with van der Waals surface area (Å²) in [5.41, 5.74) is 0. The molecule has 5 heteroatoms. The van der Waals surface area contributed by atoms with Crippen molar-refractivity contribution in [2.24, 2.45) is 0 Å². The molecule has 0 spiro atoms. The van der Waals surface area contributed by atoms with Crippen LogP contribution in [0.2, 0.25) is 0 Å². The molecular weight excluding hydrogens is 114 g/mol. The monoisotopic (exact) mass is 121 g/mol. The summed E-state index contributed by atoms with van der Waals surface area (Å²) < 4.78 is 0. The smallest absolute Gasteiger partial charge is 0.291 e. The summed E-state index contributed by atoms with van der Waals surface area (Å²) in [6.45, 7) is 1.81. The van der Waals surface area contributed by atoms with Crippen molar-refractivity contribution in [2.75, 3.05) is 0 Å². The van der Waals surface area contributed by atoms with Gasteiger partial charge in [0.05, 0.1) is 0 Å². The SMILES string of the molecule is CCC=O.O=[N+]([O-])O. The molecule has 1 N–H and O–H groups in total. The maximum absolute atomic E-state index is 9.17. The van der Waals surface area contributed by atoms with Crippen molar-refractivity contribution in [1.29, 1.82) is 0 Å². The highest BCUT2D eigenvalue weighted by atomic mass is 16.9. The fourth-order valence-corrected chi connectivity index (χ4v) is 0. The Morgan fingerprint density at radius 1 is 1.88 bits per heavy atom. The molecule has 0 rings (SSSR count). The molecule has 0 fully saturated rings. The third-order valence-electron chi connectivity index (χ3n) is 0.167. The molecule has 0 bridgehead atoms. The van der Waals surface area contributed by atoms with Gasteiger partial charge in [0.25, 0.3) is 5.09 Å². The molecule has 0 aliphatic rings. The molecule has 0 aromatic carbocycles. The normalized spacial score (nSPS) is 6.12. The second kappa shape index (κ2) is 9.30. The Labute approximate surface area is 46.0 Å². The van der Waals surface area contributed by atoms with E-state index in [4.69, 9.17) is 15.3 Å². The highest BCUT2D eigenvalue weighted by Crippen LogP contribution is 1.53. The summed E-state index contributed by atoms with van der Waals surface area (Å²) in [6, 6.07) is 0. The number of aldehydes is 1. The van der Waals surface area contributed by atoms with Crippen molar-refractivity contribution in [3.63, 3.8) is 0 Å². The van der Waals surface area contributed by atoms with E-state index in [1.165, 1.54) is 0 Å². The fraction of sp³-hybridized carbons (Fsp3) is 0.667. The van der Waals surface area contributed by atoms with Gasteiger partial charge in [0.1, 0.15) is 6.29 Å². The van der Waals surface area contributed by atoms with Gasteiger partial charge in [-0.25, -0.2) is 0 Å². The first-order chi connectivity index (χ1) is 3.65. The topological polar surface area (TPSA) is 80.4 Å². The van der Waals surface area contributed by atoms with E-state index in [-0.39, 0.29) is 0 Å². The highest BCUT2D eigenvalue weighted by Gasteiger charge is 1.65. The summed E-state index contributed by atoms with van der Waals surface area (Å²) in [6.07, 6.45) is 1.51. The van der Waals surface area contributed by atoms with Gasteiger partial charge in [-0.2, -0.15) is 0 Å². The fourth-order valence-electron chi connectivity index (χ4n) is 0. The predicted octanol–water partition coefficient (Wildman–Crippen LogP) is 0.248. The third-order valence-corrected chi connectivity index (χ3v) is 0.167. The van der Waals surface area contributed by atoms with E-state index in [1.54, 1.807) is 0 Å². The average molecular weight is 121 g/mol. The zero-order chi connectivity index (χ0) is 6.99. The lowest BCUT2D eigenvalue weighted by atomic mass is 10.6. The minimum Gasteiger partial charge on any atom is -0.328 e. The number of hydrogen-bond donors (Lipinski definition) is 1. The largest absolute Gasteiger partial charge is 0.328 e. The van der Waals surface area contributed by atoms with Gasteiger partial charge in [0.15, 0.2) is 0 Å². The molecule has 8 heavy (non-hydrogen) atoms. The van der Waals surface area contributed by atoms with Gasteiger partial charge in [-0.1, -0.05) is 6.92 Å². The Bertz CT molecular complexity index is 67.7. The van der Waals surface area contributed by atoms with Gasteiger partial charge in [-0.05, 0) is 0 Å². The summed E-state index contributed by atoms with van der Waals surface area (Å²) in [5.74, 6) is 0. The van der Waals surface area contributed by atoms with Crippen LogP contribution in [-0.2, 0) is 4.79 Å². The van der Waals surface area contributed by atoms with Crippen LogP contribution >= 0.6 is 0 Å². The number of carbonyl (C=O) groups excluding carboxylic acids is 1. The molecule has 0 aliphatic heterocycles. The molecule has 0 saturated carbocycles. The van der Waals surface area contributed by atoms with Crippen LogP contribution < -0.4 is 0 Å². The third kappa shape index (κ3) is 4320. The molecule has 0 unspecified atom stereocenters. The summed E-state index contributed by atoms with van der Waals surface area (Å²) in [5, 5.41) is 13.6. The summed E-state index contributed by atoms with van der Waals surface area (Å²) in [7, 11) is 0. The van der Waals surface area contributed by atoms with Gasteiger partial charge in [-0.15, -0.1) is 10.1 Å². The molecule has 0 heterocycles. The molecule has 0 aliphatic carbocycles. The Kier molecular flexibility index (Phi) is 11.6. The van der Waals surface area contributed by atoms with Crippen LogP contribution in [0, 0.1) is 10.1 Å². The highest BCUT2D eigenvalue weighted by molar-refractivity contribution is 5.48. The van der Waals surface area contributed by atoms with E-state index in [2.05, 4.69) is 0 Å². The van der Waals surface area contributed by atoms with E-state index < -0.39 is 5.09 Å². The lowest BCUT2D eigenvalue weighted by molar-refractivity contribution is -0.742. The van der Waals surface area contributed by atoms with Crippen LogP contribution in [0.25, 0.3) is 0 Å². The van der Waals surface area contributed by atoms with Crippen molar-refractivity contribution in [3.05, 3.63) is 10.1 Å². The minimum atomic E-state index is -1.50. The number of carbonyl (C=O) groups is 1. The molecule has 48 valence electrons. The van der Waals surface area contributed by atoms with Crippen LogP contribution in [0.1, 0.15) is 13.3 Å². The summed E-state index contributed by atoms with van der Waals surface area (Å²) in [4.78, 5) is 17.5. The lowest BCUT2D eigenvalue weighted by Crippen LogP contribution is -1.81. The molecule has 0 aromatic rings. The van der Waals surface area contributed by atoms with Gasteiger partial charge in [0, 0.05) is 6.42 Å². The molecule has 0 aromatic heterocycles. The van der Waals surface area contributed by atoms with E-state index in [1.807, 2.05) is 6.92 Å². The first-order valence-electron chi connectivity index (χ1n) is 1.92. The number of nitrogens with zero attached hydrogens (tertiary/aromatic N) is 1. The Morgan fingerprint density at radius 2 is 2.00 bits per heavy atom. The van der Waals surface area contributed by atoms with Gasteiger partial charge in [0.2, 0.25) is 0 Å². The number of rotatable bonds is 1. The van der Waals surface area contributed by atoms with Crippen LogP contribution in [0.3, 0.4) is 0 Å². The molecule has 0 atom stereocenters. The van der Waals surface area contributed by atoms with Crippen LogP contribution in [-0.4, -0.2) is 16.6 Å². The van der Waals surface area contributed by atoms with E-state index in [0.717, 1.165) is 6.29 Å². The Balaban J connectivity index is 0. The average Bonchev–Trinajstić information content (AvgIpc) is 1.65. The standard InChI is InChI=1S/C3H6O.HNO3/c1-2-3-4;2-1(3)4/h3H,2H2,1H3;(H,2,3,4). The number of hydrogen-bond acceptors (Lipinski definition) is 3. The van der Waals surface area contributed by atoms with Gasteiger partial charge in [-0.3, -0.25) is 0 Å². The van der Waals surface area contributed by atoms with E-state index in [0.29, 0.717) is 6.42 Å². The molecule has 0 amide bonds. The first kappa shape index (κ1) is 9.98. The van der Waals surface area contributed by atoms with Gasteiger partial charge >= 0.3 is 0 Å². The second-order valence-electron chi connectivity index (χ2n) is 0.813. The second-order valence-corrected chi connectivity index (χ2v) is 0.813. The quantitative estimate of drug-likeness (QED) is 0.306. The minimum absolute atomic E-state index is 0.639. The van der Waals surface area contributed by atoms with Crippen LogP contribution in [0.4, 0.5) is 0 Å². The van der Waals surface area contributed by atoms with Crippen molar-refractivity contribution in [3.8, 4) is 0 Å². The zero-order valence-electron chi connectivity index (χ0n) is 4.40. The molecule has 5 nitrogen and oxygen atoms in total. The zero-order valence-corrected chi connectivity index (χ0v) is 4.40. The molecular formula is C3H7NO4. The Hall–Kier alpha value is -1.13. The maximum Gasteiger partial charge on any atom is 0.291 e. The lowest BCUT2D eigenvalue weighted by Gasteiger charge is -1.56. The Morgan fingerprint density at radius 3 is 2.00 bits per heavy atom. The molecule has 0 radical (unpaired) electrons. The van der Waals surface area contributed by atoms with Crippen molar-refractivity contribution < 1.29 is 15.1 Å². The van der Waals surface area contributed by atoms with E-state index >= 15 is 0 Å². The molecule has 0 saturated heterocycles. The maximum atomic E-state index is 9.17. The van der Waals surface area contributed by atoms with Gasteiger partial charge < -0.3 is 10.0 Å².